The molecular formula is C16H24O2. The van der Waals surface area contributed by atoms with Crippen LogP contribution < -0.4 is 4.74 Å². The van der Waals surface area contributed by atoms with Crippen molar-refractivity contribution in [1.29, 1.82) is 0 Å². The summed E-state index contributed by atoms with van der Waals surface area (Å²) in [6.45, 7) is 8.40. The fraction of sp³-hybridized carbons (Fsp3) is 0.562. The third-order valence-corrected chi connectivity index (χ3v) is 3.07. The lowest BCUT2D eigenvalue weighted by Gasteiger charge is -2.31. The highest BCUT2D eigenvalue weighted by molar-refractivity contribution is 5.57. The van der Waals surface area contributed by atoms with Crippen LogP contribution in [-0.2, 0) is 11.2 Å². The molecule has 0 radical (unpaired) electrons. The maximum Gasteiger partial charge on any atom is 0.125 e. The Morgan fingerprint density at radius 3 is 2.44 bits per heavy atom. The molecule has 100 valence electrons. The number of methoxy groups -OCH3 is 1. The maximum atomic E-state index is 11.0. The van der Waals surface area contributed by atoms with E-state index in [2.05, 4.69) is 26.0 Å². The second-order valence-corrected chi connectivity index (χ2v) is 6.48. The molecule has 0 saturated heterocycles. The molecular weight excluding hydrogens is 224 g/mol. The van der Waals surface area contributed by atoms with Gasteiger partial charge in [-0.1, -0.05) is 39.8 Å². The van der Waals surface area contributed by atoms with E-state index in [9.17, 15) is 4.79 Å². The van der Waals surface area contributed by atoms with Crippen molar-refractivity contribution in [1.82, 2.24) is 0 Å². The normalized spacial score (nSPS) is 12.3. The lowest BCUT2D eigenvalue weighted by atomic mass is 9.73. The molecule has 0 unspecified atom stereocenters. The molecule has 0 aromatic heterocycles. The Balaban J connectivity index is 2.78. The van der Waals surface area contributed by atoms with Crippen molar-refractivity contribution in [2.75, 3.05) is 7.11 Å². The van der Waals surface area contributed by atoms with E-state index in [4.69, 9.17) is 4.74 Å². The highest BCUT2D eigenvalue weighted by Crippen LogP contribution is 2.35. The number of aldehydes is 1. The number of benzene rings is 1. The predicted octanol–water partition coefficient (Wildman–Crippen LogP) is 3.88. The lowest BCUT2D eigenvalue weighted by Crippen LogP contribution is -2.26. The molecule has 0 amide bonds. The van der Waals surface area contributed by atoms with Crippen LogP contribution in [-0.4, -0.2) is 13.4 Å². The van der Waals surface area contributed by atoms with Crippen molar-refractivity contribution in [3.8, 4) is 5.75 Å². The van der Waals surface area contributed by atoms with Crippen molar-refractivity contribution in [3.05, 3.63) is 29.8 Å². The third-order valence-electron chi connectivity index (χ3n) is 3.07. The molecule has 0 saturated carbocycles. The van der Waals surface area contributed by atoms with Crippen molar-refractivity contribution in [2.45, 2.75) is 40.5 Å². The molecule has 18 heavy (non-hydrogen) atoms. The fourth-order valence-corrected chi connectivity index (χ4v) is 2.67. The van der Waals surface area contributed by atoms with Gasteiger partial charge in [-0.2, -0.15) is 0 Å². The van der Waals surface area contributed by atoms with Crippen molar-refractivity contribution >= 4 is 6.29 Å². The van der Waals surface area contributed by atoms with Gasteiger partial charge in [-0.15, -0.1) is 0 Å². The van der Waals surface area contributed by atoms with Gasteiger partial charge in [-0.25, -0.2) is 0 Å². The van der Waals surface area contributed by atoms with Crippen molar-refractivity contribution in [2.24, 2.45) is 10.8 Å². The highest BCUT2D eigenvalue weighted by Gasteiger charge is 2.28. The van der Waals surface area contributed by atoms with Gasteiger partial charge < -0.3 is 9.53 Å². The summed E-state index contributed by atoms with van der Waals surface area (Å²) in [5.74, 6) is 0.887. The Morgan fingerprint density at radius 2 is 1.89 bits per heavy atom. The van der Waals surface area contributed by atoms with E-state index in [-0.39, 0.29) is 10.8 Å². The molecule has 0 bridgehead atoms. The van der Waals surface area contributed by atoms with Crippen LogP contribution in [0.3, 0.4) is 0 Å². The zero-order valence-electron chi connectivity index (χ0n) is 12.1. The van der Waals surface area contributed by atoms with Gasteiger partial charge in [0, 0.05) is 5.41 Å². The second-order valence-electron chi connectivity index (χ2n) is 6.48. The van der Waals surface area contributed by atoms with E-state index in [1.807, 2.05) is 26.0 Å². The van der Waals surface area contributed by atoms with Gasteiger partial charge >= 0.3 is 0 Å². The summed E-state index contributed by atoms with van der Waals surface area (Å²) in [6.07, 6.45) is 2.88. The van der Waals surface area contributed by atoms with E-state index in [1.54, 1.807) is 7.11 Å². The summed E-state index contributed by atoms with van der Waals surface area (Å²) in [6, 6.07) is 8.13. The molecule has 1 aromatic rings. The first-order valence-electron chi connectivity index (χ1n) is 6.37. The molecule has 1 aromatic carbocycles. The number of hydrogen-bond donors (Lipinski definition) is 0. The SMILES string of the molecule is COc1cccc(CC(C)(C)CC(C)(C)C=O)c1. The molecule has 0 atom stereocenters. The molecule has 2 nitrogen and oxygen atoms in total. The van der Waals surface area contributed by atoms with Crippen LogP contribution in [0.1, 0.15) is 39.7 Å². The third kappa shape index (κ3) is 4.52. The first kappa shape index (κ1) is 14.7. The summed E-state index contributed by atoms with van der Waals surface area (Å²) in [5.41, 5.74) is 1.08. The maximum absolute atomic E-state index is 11.0. The van der Waals surface area contributed by atoms with E-state index in [1.165, 1.54) is 5.56 Å². The molecule has 0 heterocycles. The van der Waals surface area contributed by atoms with Crippen LogP contribution in [0, 0.1) is 10.8 Å². The predicted molar refractivity (Wildman–Crippen MR) is 74.9 cm³/mol. The minimum Gasteiger partial charge on any atom is -0.497 e. The van der Waals surface area contributed by atoms with E-state index >= 15 is 0 Å². The molecule has 0 aliphatic rings. The van der Waals surface area contributed by atoms with Crippen LogP contribution in [0.25, 0.3) is 0 Å². The minimum atomic E-state index is -0.262. The van der Waals surface area contributed by atoms with Gasteiger partial charge in [-0.05, 0) is 36.0 Å². The molecule has 1 rings (SSSR count). The minimum absolute atomic E-state index is 0.0940. The van der Waals surface area contributed by atoms with Crippen molar-refractivity contribution < 1.29 is 9.53 Å². The standard InChI is InChI=1S/C16H24O2/c1-15(2,11-16(3,4)12-17)10-13-7-6-8-14(9-13)18-5/h6-9,12H,10-11H2,1-5H3. The topological polar surface area (TPSA) is 26.3 Å². The van der Waals surface area contributed by atoms with E-state index in [0.29, 0.717) is 0 Å². The highest BCUT2D eigenvalue weighted by atomic mass is 16.5. The summed E-state index contributed by atoms with van der Waals surface area (Å²) >= 11 is 0. The first-order valence-corrected chi connectivity index (χ1v) is 6.37. The molecule has 0 N–H and O–H groups in total. The van der Waals surface area contributed by atoms with Crippen LogP contribution in [0.2, 0.25) is 0 Å². The van der Waals surface area contributed by atoms with Crippen LogP contribution >= 0.6 is 0 Å². The molecule has 0 spiro atoms. The Labute approximate surface area is 110 Å². The largest absolute Gasteiger partial charge is 0.497 e. The molecule has 2 heteroatoms. The Bertz CT molecular complexity index is 405. The van der Waals surface area contributed by atoms with Gasteiger partial charge in [0.15, 0.2) is 0 Å². The average molecular weight is 248 g/mol. The quantitative estimate of drug-likeness (QED) is 0.714. The van der Waals surface area contributed by atoms with E-state index in [0.717, 1.165) is 24.9 Å². The number of carbonyl (C=O) groups is 1. The lowest BCUT2D eigenvalue weighted by molar-refractivity contribution is -0.116. The smallest absolute Gasteiger partial charge is 0.125 e. The Kier molecular flexibility index (Phi) is 4.55. The number of carbonyl (C=O) groups excluding carboxylic acids is 1. The van der Waals surface area contributed by atoms with Gasteiger partial charge in [0.2, 0.25) is 0 Å². The molecule has 0 aliphatic heterocycles. The van der Waals surface area contributed by atoms with E-state index < -0.39 is 0 Å². The number of ether oxygens (including phenoxy) is 1. The average Bonchev–Trinajstić information content (AvgIpc) is 2.27. The van der Waals surface area contributed by atoms with Gasteiger partial charge in [0.05, 0.1) is 7.11 Å². The van der Waals surface area contributed by atoms with Gasteiger partial charge in [-0.3, -0.25) is 0 Å². The zero-order chi connectivity index (χ0) is 13.8. The summed E-state index contributed by atoms with van der Waals surface area (Å²) in [5, 5.41) is 0. The van der Waals surface area contributed by atoms with Crippen LogP contribution in [0.15, 0.2) is 24.3 Å². The summed E-state index contributed by atoms with van der Waals surface area (Å²) in [4.78, 5) is 11.0. The molecule has 0 aliphatic carbocycles. The molecule has 0 fully saturated rings. The van der Waals surface area contributed by atoms with Gasteiger partial charge in [0.25, 0.3) is 0 Å². The monoisotopic (exact) mass is 248 g/mol. The van der Waals surface area contributed by atoms with Crippen LogP contribution in [0.4, 0.5) is 0 Å². The summed E-state index contributed by atoms with van der Waals surface area (Å²) < 4.78 is 5.24. The zero-order valence-corrected chi connectivity index (χ0v) is 12.1. The Hall–Kier alpha value is -1.31. The number of rotatable bonds is 6. The van der Waals surface area contributed by atoms with Gasteiger partial charge in [0.1, 0.15) is 12.0 Å². The summed E-state index contributed by atoms with van der Waals surface area (Å²) in [7, 11) is 1.68. The second kappa shape index (κ2) is 5.55. The number of hydrogen-bond acceptors (Lipinski definition) is 2. The first-order chi connectivity index (χ1) is 8.28. The van der Waals surface area contributed by atoms with Crippen LogP contribution in [0.5, 0.6) is 5.75 Å². The Morgan fingerprint density at radius 1 is 1.22 bits per heavy atom. The fourth-order valence-electron chi connectivity index (χ4n) is 2.67. The van der Waals surface area contributed by atoms with Crippen molar-refractivity contribution in [3.63, 3.8) is 0 Å².